The van der Waals surface area contributed by atoms with Gasteiger partial charge in [0, 0.05) is 31.2 Å². The lowest BCUT2D eigenvalue weighted by Gasteiger charge is -2.26. The third-order valence-corrected chi connectivity index (χ3v) is 3.87. The third-order valence-electron chi connectivity index (χ3n) is 3.87. The summed E-state index contributed by atoms with van der Waals surface area (Å²) in [4.78, 5) is 12.0. The van der Waals surface area contributed by atoms with Gasteiger partial charge in [-0.05, 0) is 36.3 Å². The monoisotopic (exact) mass is 302 g/mol. The van der Waals surface area contributed by atoms with Gasteiger partial charge in [-0.2, -0.15) is 0 Å². The Morgan fingerprint density at radius 3 is 2.77 bits per heavy atom. The molecule has 0 bridgehead atoms. The molecule has 1 atom stereocenters. The molecule has 1 aromatic carbocycles. The van der Waals surface area contributed by atoms with Gasteiger partial charge >= 0.3 is 0 Å². The van der Waals surface area contributed by atoms with Crippen LogP contribution in [0.15, 0.2) is 36.5 Å². The van der Waals surface area contributed by atoms with Crippen LogP contribution in [0.5, 0.6) is 0 Å². The molecular formula is C18H26N2O2. The largest absolute Gasteiger partial charge is 0.393 e. The molecule has 0 radical (unpaired) electrons. The molecule has 1 amide bonds. The normalized spacial score (nSPS) is 13.3. The number of hydrogen-bond donors (Lipinski definition) is 2. The number of aryl methyl sites for hydroxylation is 1. The first kappa shape index (κ1) is 16.6. The Balaban J connectivity index is 1.83. The van der Waals surface area contributed by atoms with E-state index in [-0.39, 0.29) is 17.4 Å². The van der Waals surface area contributed by atoms with Gasteiger partial charge in [0.05, 0.1) is 6.10 Å². The lowest BCUT2D eigenvalue weighted by Crippen LogP contribution is -2.36. The lowest BCUT2D eigenvalue weighted by atomic mass is 9.87. The maximum Gasteiger partial charge on any atom is 0.221 e. The number of aliphatic hydroxyl groups excluding tert-OH is 1. The molecular weight excluding hydrogens is 276 g/mol. The highest BCUT2D eigenvalue weighted by atomic mass is 16.3. The van der Waals surface area contributed by atoms with Crippen LogP contribution in [-0.2, 0) is 11.3 Å². The Labute approximate surface area is 132 Å². The molecule has 2 rings (SSSR count). The topological polar surface area (TPSA) is 54.3 Å². The summed E-state index contributed by atoms with van der Waals surface area (Å²) < 4.78 is 2.11. The first-order chi connectivity index (χ1) is 10.4. The number of para-hydroxylation sites is 1. The standard InChI is InChI=1S/C18H26N2O2/c1-14(21)12-18(2,3)13-19-17(22)9-11-20-10-8-15-6-4-5-7-16(15)20/h4-8,10,14,21H,9,11-13H2,1-3H3,(H,19,22). The number of aromatic nitrogens is 1. The first-order valence-electron chi connectivity index (χ1n) is 7.86. The van der Waals surface area contributed by atoms with Crippen molar-refractivity contribution in [2.45, 2.75) is 46.3 Å². The molecule has 0 aliphatic heterocycles. The summed E-state index contributed by atoms with van der Waals surface area (Å²) >= 11 is 0. The molecule has 0 spiro atoms. The summed E-state index contributed by atoms with van der Waals surface area (Å²) in [7, 11) is 0. The van der Waals surface area contributed by atoms with E-state index in [1.807, 2.05) is 18.3 Å². The SMILES string of the molecule is CC(O)CC(C)(C)CNC(=O)CCn1ccc2ccccc21. The van der Waals surface area contributed by atoms with Gasteiger partial charge in [-0.1, -0.05) is 32.0 Å². The zero-order valence-electron chi connectivity index (χ0n) is 13.7. The van der Waals surface area contributed by atoms with E-state index in [0.29, 0.717) is 25.9 Å². The second kappa shape index (κ2) is 6.97. The van der Waals surface area contributed by atoms with E-state index >= 15 is 0 Å². The molecule has 0 aliphatic rings. The van der Waals surface area contributed by atoms with Crippen LogP contribution in [0.25, 0.3) is 10.9 Å². The van der Waals surface area contributed by atoms with Crippen LogP contribution in [0.1, 0.15) is 33.6 Å². The number of fused-ring (bicyclic) bond motifs is 1. The van der Waals surface area contributed by atoms with E-state index in [4.69, 9.17) is 0 Å². The predicted molar refractivity (Wildman–Crippen MR) is 89.6 cm³/mol. The molecule has 120 valence electrons. The van der Waals surface area contributed by atoms with Crippen molar-refractivity contribution in [3.63, 3.8) is 0 Å². The summed E-state index contributed by atoms with van der Waals surface area (Å²) in [5.74, 6) is 0.0523. The minimum atomic E-state index is -0.349. The summed E-state index contributed by atoms with van der Waals surface area (Å²) in [6.45, 7) is 7.15. The average Bonchev–Trinajstić information content (AvgIpc) is 2.85. The van der Waals surface area contributed by atoms with E-state index < -0.39 is 0 Å². The van der Waals surface area contributed by atoms with Gasteiger partial charge in [-0.25, -0.2) is 0 Å². The van der Waals surface area contributed by atoms with Gasteiger partial charge in [-0.3, -0.25) is 4.79 Å². The Bertz CT molecular complexity index is 629. The van der Waals surface area contributed by atoms with Crippen LogP contribution in [0.2, 0.25) is 0 Å². The second-order valence-electron chi connectivity index (χ2n) is 6.81. The van der Waals surface area contributed by atoms with Crippen molar-refractivity contribution in [3.8, 4) is 0 Å². The van der Waals surface area contributed by atoms with Gasteiger partial charge < -0.3 is 15.0 Å². The van der Waals surface area contributed by atoms with E-state index in [9.17, 15) is 9.90 Å². The zero-order chi connectivity index (χ0) is 16.2. The number of hydrogen-bond acceptors (Lipinski definition) is 2. The molecule has 1 heterocycles. The predicted octanol–water partition coefficient (Wildman–Crippen LogP) is 2.94. The van der Waals surface area contributed by atoms with E-state index in [0.717, 1.165) is 5.52 Å². The average molecular weight is 302 g/mol. The molecule has 2 aromatic rings. The number of rotatable bonds is 7. The van der Waals surface area contributed by atoms with Crippen molar-refractivity contribution < 1.29 is 9.90 Å². The zero-order valence-corrected chi connectivity index (χ0v) is 13.7. The molecule has 1 aromatic heterocycles. The highest BCUT2D eigenvalue weighted by molar-refractivity contribution is 5.80. The minimum Gasteiger partial charge on any atom is -0.393 e. The molecule has 0 fully saturated rings. The van der Waals surface area contributed by atoms with Gasteiger partial charge in [0.1, 0.15) is 0 Å². The summed E-state index contributed by atoms with van der Waals surface area (Å²) in [5, 5.41) is 13.6. The van der Waals surface area contributed by atoms with Crippen molar-refractivity contribution >= 4 is 16.8 Å². The van der Waals surface area contributed by atoms with Crippen molar-refractivity contribution in [3.05, 3.63) is 36.5 Å². The van der Waals surface area contributed by atoms with Gasteiger partial charge in [-0.15, -0.1) is 0 Å². The molecule has 4 nitrogen and oxygen atoms in total. The number of nitrogens with one attached hydrogen (secondary N) is 1. The second-order valence-corrected chi connectivity index (χ2v) is 6.81. The van der Waals surface area contributed by atoms with Crippen molar-refractivity contribution in [1.82, 2.24) is 9.88 Å². The molecule has 0 saturated carbocycles. The molecule has 0 saturated heterocycles. The molecule has 22 heavy (non-hydrogen) atoms. The maximum atomic E-state index is 12.0. The highest BCUT2D eigenvalue weighted by Crippen LogP contribution is 2.21. The fourth-order valence-electron chi connectivity index (χ4n) is 2.86. The number of aliphatic hydroxyl groups is 1. The van der Waals surface area contributed by atoms with E-state index in [1.165, 1.54) is 5.39 Å². The van der Waals surface area contributed by atoms with Gasteiger partial charge in [0.25, 0.3) is 0 Å². The van der Waals surface area contributed by atoms with Crippen molar-refractivity contribution in [2.24, 2.45) is 5.41 Å². The third kappa shape index (κ3) is 4.60. The molecule has 2 N–H and O–H groups in total. The number of amides is 1. The summed E-state index contributed by atoms with van der Waals surface area (Å²) in [5.41, 5.74) is 1.06. The number of carbonyl (C=O) groups excluding carboxylic acids is 1. The van der Waals surface area contributed by atoms with Crippen molar-refractivity contribution in [1.29, 1.82) is 0 Å². The number of nitrogens with zero attached hydrogens (tertiary/aromatic N) is 1. The Morgan fingerprint density at radius 1 is 1.32 bits per heavy atom. The molecule has 4 heteroatoms. The minimum absolute atomic E-state index is 0.0523. The summed E-state index contributed by atoms with van der Waals surface area (Å²) in [6, 6.07) is 10.2. The van der Waals surface area contributed by atoms with Crippen LogP contribution < -0.4 is 5.32 Å². The van der Waals surface area contributed by atoms with Gasteiger partial charge in [0.2, 0.25) is 5.91 Å². The Hall–Kier alpha value is -1.81. The fourth-order valence-corrected chi connectivity index (χ4v) is 2.86. The smallest absolute Gasteiger partial charge is 0.221 e. The van der Waals surface area contributed by atoms with Crippen LogP contribution in [0, 0.1) is 5.41 Å². The van der Waals surface area contributed by atoms with Gasteiger partial charge in [0.15, 0.2) is 0 Å². The van der Waals surface area contributed by atoms with Crippen LogP contribution in [0.3, 0.4) is 0 Å². The maximum absolute atomic E-state index is 12.0. The fraction of sp³-hybridized carbons (Fsp3) is 0.500. The number of benzene rings is 1. The lowest BCUT2D eigenvalue weighted by molar-refractivity contribution is -0.121. The van der Waals surface area contributed by atoms with Crippen LogP contribution in [0.4, 0.5) is 0 Å². The van der Waals surface area contributed by atoms with E-state index in [1.54, 1.807) is 6.92 Å². The molecule has 0 aliphatic carbocycles. The first-order valence-corrected chi connectivity index (χ1v) is 7.86. The van der Waals surface area contributed by atoms with Crippen molar-refractivity contribution in [2.75, 3.05) is 6.54 Å². The van der Waals surface area contributed by atoms with Crippen LogP contribution >= 0.6 is 0 Å². The quantitative estimate of drug-likeness (QED) is 0.826. The Morgan fingerprint density at radius 2 is 2.05 bits per heavy atom. The summed E-state index contributed by atoms with van der Waals surface area (Å²) in [6.07, 6.45) is 2.81. The van der Waals surface area contributed by atoms with E-state index in [2.05, 4.69) is 41.9 Å². The Kier molecular flexibility index (Phi) is 5.24. The number of carbonyl (C=O) groups is 1. The van der Waals surface area contributed by atoms with Crippen LogP contribution in [-0.4, -0.2) is 28.2 Å². The molecule has 1 unspecified atom stereocenters. The highest BCUT2D eigenvalue weighted by Gasteiger charge is 2.20.